The number of ether oxygens (including phenoxy) is 2. The monoisotopic (exact) mass is 533 g/mol. The fraction of sp³-hybridized carbons (Fsp3) is 0.556. The molecule has 1 aromatic rings. The predicted octanol–water partition coefficient (Wildman–Crippen LogP) is 3.54. The van der Waals surface area contributed by atoms with Crippen molar-refractivity contribution < 1.29 is 28.7 Å². The van der Waals surface area contributed by atoms with E-state index in [0.29, 0.717) is 17.7 Å². The summed E-state index contributed by atoms with van der Waals surface area (Å²) in [4.78, 5) is 53.6. The number of nitrogens with one attached hydrogen (secondary N) is 2. The summed E-state index contributed by atoms with van der Waals surface area (Å²) in [6, 6.07) is 5.07. The van der Waals surface area contributed by atoms with Crippen molar-refractivity contribution in [3.05, 3.63) is 42.0 Å². The molecular formula is C27H39N3O6S. The smallest absolute Gasteiger partial charge is 0.408 e. The number of hydrogen-bond acceptors (Lipinski definition) is 7. The van der Waals surface area contributed by atoms with Crippen LogP contribution in [0.1, 0.15) is 57.7 Å². The van der Waals surface area contributed by atoms with Gasteiger partial charge in [-0.15, -0.1) is 0 Å². The van der Waals surface area contributed by atoms with Gasteiger partial charge in [0.25, 0.3) is 0 Å². The molecule has 1 fully saturated rings. The quantitative estimate of drug-likeness (QED) is 0.395. The molecule has 4 atom stereocenters. The molecule has 10 heteroatoms. The lowest BCUT2D eigenvalue weighted by Crippen LogP contribution is -2.54. The highest BCUT2D eigenvalue weighted by atomic mass is 32.2. The third-order valence-electron chi connectivity index (χ3n) is 5.90. The van der Waals surface area contributed by atoms with Gasteiger partial charge in [-0.05, 0) is 68.7 Å². The number of carbonyl (C=O) groups is 4. The molecular weight excluding hydrogens is 494 g/mol. The number of esters is 1. The first kappa shape index (κ1) is 30.2. The van der Waals surface area contributed by atoms with Crippen molar-refractivity contribution in [2.24, 2.45) is 5.92 Å². The topological polar surface area (TPSA) is 114 Å². The van der Waals surface area contributed by atoms with Crippen LogP contribution in [0.3, 0.4) is 0 Å². The van der Waals surface area contributed by atoms with Crippen molar-refractivity contribution in [1.82, 2.24) is 15.5 Å². The van der Waals surface area contributed by atoms with Crippen LogP contribution in [0, 0.1) is 5.92 Å². The summed E-state index contributed by atoms with van der Waals surface area (Å²) in [5.74, 6) is -0.707. The van der Waals surface area contributed by atoms with Gasteiger partial charge in [0.2, 0.25) is 11.8 Å². The van der Waals surface area contributed by atoms with E-state index in [1.807, 2.05) is 19.2 Å². The maximum absolute atomic E-state index is 14.1. The summed E-state index contributed by atoms with van der Waals surface area (Å²) < 4.78 is 10.1. The zero-order valence-corrected chi connectivity index (χ0v) is 23.4. The van der Waals surface area contributed by atoms with E-state index in [1.165, 1.54) is 7.11 Å². The molecule has 0 saturated heterocycles. The maximum Gasteiger partial charge on any atom is 0.408 e. The average molecular weight is 534 g/mol. The maximum atomic E-state index is 14.1. The number of thioether (sulfide) groups is 1. The van der Waals surface area contributed by atoms with Crippen molar-refractivity contribution in [1.29, 1.82) is 0 Å². The van der Waals surface area contributed by atoms with E-state index in [4.69, 9.17) is 4.74 Å². The van der Waals surface area contributed by atoms with E-state index < -0.39 is 35.7 Å². The van der Waals surface area contributed by atoms with Crippen LogP contribution in [0.5, 0.6) is 0 Å². The molecule has 0 aliphatic heterocycles. The number of alkyl carbamates (subject to hydrolysis) is 1. The van der Waals surface area contributed by atoms with E-state index in [1.54, 1.807) is 61.7 Å². The van der Waals surface area contributed by atoms with Crippen LogP contribution < -0.4 is 10.6 Å². The number of carbonyl (C=O) groups excluding carboxylic acids is 4. The molecule has 0 bridgehead atoms. The molecule has 1 aromatic carbocycles. The molecule has 1 aliphatic carbocycles. The van der Waals surface area contributed by atoms with Gasteiger partial charge in [0.15, 0.2) is 0 Å². The lowest BCUT2D eigenvalue weighted by molar-refractivity contribution is -0.145. The minimum absolute atomic E-state index is 0.171. The van der Waals surface area contributed by atoms with Crippen molar-refractivity contribution in [3.63, 3.8) is 0 Å². The molecule has 204 valence electrons. The Hall–Kier alpha value is -3.01. The molecule has 1 saturated carbocycles. The molecule has 37 heavy (non-hydrogen) atoms. The summed E-state index contributed by atoms with van der Waals surface area (Å²) in [7, 11) is 1.24. The largest absolute Gasteiger partial charge is 0.468 e. The standard InChI is InChI=1S/C27H39N3O6S/c1-8-18-10-9-11-19(15-18)23(24(32)28-16-22(31)35-6)30(21-14-17(21)2)25(33)20(12-13-37-7)29-26(34)36-27(3,4)5/h8-11,15,17,20-21,23H,1,12-14,16H2,2-7H3,(H,28,32)(H,29,34). The summed E-state index contributed by atoms with van der Waals surface area (Å²) in [6.45, 7) is 10.7. The van der Waals surface area contributed by atoms with Gasteiger partial charge in [0, 0.05) is 6.04 Å². The van der Waals surface area contributed by atoms with Crippen LogP contribution in [0.25, 0.3) is 6.08 Å². The molecule has 2 rings (SSSR count). The van der Waals surface area contributed by atoms with E-state index in [-0.39, 0.29) is 24.4 Å². The zero-order valence-electron chi connectivity index (χ0n) is 22.5. The number of rotatable bonds is 12. The molecule has 0 radical (unpaired) electrons. The lowest BCUT2D eigenvalue weighted by atomic mass is 9.99. The number of hydrogen-bond donors (Lipinski definition) is 2. The van der Waals surface area contributed by atoms with E-state index in [2.05, 4.69) is 21.9 Å². The van der Waals surface area contributed by atoms with Gasteiger partial charge in [-0.3, -0.25) is 14.4 Å². The Labute approximate surface area is 223 Å². The summed E-state index contributed by atoms with van der Waals surface area (Å²) >= 11 is 1.55. The van der Waals surface area contributed by atoms with Crippen LogP contribution in [-0.2, 0) is 23.9 Å². The van der Waals surface area contributed by atoms with Crippen molar-refractivity contribution in [2.75, 3.05) is 25.7 Å². The molecule has 0 heterocycles. The second-order valence-corrected chi connectivity index (χ2v) is 11.1. The van der Waals surface area contributed by atoms with Crippen LogP contribution in [0.15, 0.2) is 30.8 Å². The van der Waals surface area contributed by atoms with Crippen molar-refractivity contribution >= 4 is 41.7 Å². The van der Waals surface area contributed by atoms with Gasteiger partial charge >= 0.3 is 12.1 Å². The zero-order chi connectivity index (χ0) is 27.8. The Morgan fingerprint density at radius 2 is 1.95 bits per heavy atom. The Kier molecular flexibility index (Phi) is 11.0. The summed E-state index contributed by atoms with van der Waals surface area (Å²) in [5.41, 5.74) is 0.627. The van der Waals surface area contributed by atoms with Crippen molar-refractivity contribution in [3.8, 4) is 0 Å². The third kappa shape index (κ3) is 9.10. The highest BCUT2D eigenvalue weighted by Crippen LogP contribution is 2.41. The van der Waals surface area contributed by atoms with E-state index in [9.17, 15) is 19.2 Å². The molecule has 2 N–H and O–H groups in total. The van der Waals surface area contributed by atoms with Gasteiger partial charge in [-0.25, -0.2) is 4.79 Å². The van der Waals surface area contributed by atoms with Crippen LogP contribution in [0.4, 0.5) is 4.79 Å². The first-order chi connectivity index (χ1) is 17.4. The SMILES string of the molecule is C=Cc1cccc(C(C(=O)NCC(=O)OC)N(C(=O)C(CCSC)NC(=O)OC(C)(C)C)C2CC2C)c1. The number of methoxy groups -OCH3 is 1. The Bertz CT molecular complexity index is 993. The lowest BCUT2D eigenvalue weighted by Gasteiger charge is -2.35. The van der Waals surface area contributed by atoms with Crippen LogP contribution in [-0.4, -0.2) is 72.1 Å². The van der Waals surface area contributed by atoms with E-state index >= 15 is 0 Å². The first-order valence-corrected chi connectivity index (χ1v) is 13.7. The van der Waals surface area contributed by atoms with Crippen molar-refractivity contribution in [2.45, 2.75) is 64.3 Å². The number of amides is 3. The second-order valence-electron chi connectivity index (χ2n) is 10.1. The van der Waals surface area contributed by atoms with Gasteiger partial charge in [-0.1, -0.05) is 37.8 Å². The molecule has 1 aliphatic rings. The van der Waals surface area contributed by atoms with E-state index in [0.717, 1.165) is 12.0 Å². The van der Waals surface area contributed by atoms with Crippen LogP contribution >= 0.6 is 11.8 Å². The van der Waals surface area contributed by atoms with Crippen LogP contribution in [0.2, 0.25) is 0 Å². The molecule has 4 unspecified atom stereocenters. The van der Waals surface area contributed by atoms with Gasteiger partial charge in [0.05, 0.1) is 7.11 Å². The minimum atomic E-state index is -1.02. The summed E-state index contributed by atoms with van der Waals surface area (Å²) in [6.07, 6.45) is 3.95. The normalized spacial score (nSPS) is 18.1. The molecule has 9 nitrogen and oxygen atoms in total. The summed E-state index contributed by atoms with van der Waals surface area (Å²) in [5, 5.41) is 5.33. The second kappa shape index (κ2) is 13.5. The Balaban J connectivity index is 2.49. The molecule has 0 aromatic heterocycles. The van der Waals surface area contributed by atoms with Gasteiger partial charge in [-0.2, -0.15) is 11.8 Å². The Morgan fingerprint density at radius 3 is 2.49 bits per heavy atom. The van der Waals surface area contributed by atoms with Gasteiger partial charge in [0.1, 0.15) is 24.2 Å². The number of benzene rings is 1. The fourth-order valence-electron chi connectivity index (χ4n) is 3.92. The Morgan fingerprint density at radius 1 is 1.27 bits per heavy atom. The first-order valence-electron chi connectivity index (χ1n) is 12.3. The fourth-order valence-corrected chi connectivity index (χ4v) is 4.39. The third-order valence-corrected chi connectivity index (χ3v) is 6.55. The molecule has 0 spiro atoms. The minimum Gasteiger partial charge on any atom is -0.468 e. The average Bonchev–Trinajstić information content (AvgIpc) is 3.57. The predicted molar refractivity (Wildman–Crippen MR) is 145 cm³/mol. The number of nitrogens with zero attached hydrogens (tertiary/aromatic N) is 1. The highest BCUT2D eigenvalue weighted by Gasteiger charge is 2.48. The van der Waals surface area contributed by atoms with Gasteiger partial charge < -0.3 is 25.0 Å². The molecule has 3 amide bonds. The highest BCUT2D eigenvalue weighted by molar-refractivity contribution is 7.98.